The van der Waals surface area contributed by atoms with Gasteiger partial charge in [0, 0.05) is 28.3 Å². The van der Waals surface area contributed by atoms with E-state index in [4.69, 9.17) is 15.0 Å². The van der Waals surface area contributed by atoms with E-state index in [1.54, 1.807) is 22.7 Å². The van der Waals surface area contributed by atoms with Crippen LogP contribution in [0.3, 0.4) is 0 Å². The topological polar surface area (TPSA) is 38.7 Å². The monoisotopic (exact) mass is 623 g/mol. The van der Waals surface area contributed by atoms with Crippen LogP contribution >= 0.6 is 22.7 Å². The molecule has 0 unspecified atom stereocenters. The number of fused-ring (bicyclic) bond motifs is 3. The minimum atomic E-state index is 0.999. The van der Waals surface area contributed by atoms with Crippen molar-refractivity contribution in [1.29, 1.82) is 0 Å². The van der Waals surface area contributed by atoms with Crippen molar-refractivity contribution in [1.82, 2.24) is 15.0 Å². The van der Waals surface area contributed by atoms with Gasteiger partial charge in [-0.05, 0) is 82.4 Å². The minimum absolute atomic E-state index is 0.999. The van der Waals surface area contributed by atoms with Crippen molar-refractivity contribution in [2.24, 2.45) is 0 Å². The van der Waals surface area contributed by atoms with Crippen LogP contribution in [0, 0.1) is 0 Å². The third-order valence-electron chi connectivity index (χ3n) is 8.37. The van der Waals surface area contributed by atoms with Crippen molar-refractivity contribution >= 4 is 54.0 Å². The molecule has 0 saturated carbocycles. The molecule has 0 N–H and O–H groups in total. The molecule has 6 aromatic carbocycles. The summed E-state index contributed by atoms with van der Waals surface area (Å²) in [6, 6.07) is 51.5. The second-order valence-corrected chi connectivity index (χ2v) is 13.4. The molecule has 0 aliphatic carbocycles. The number of rotatable bonds is 5. The minimum Gasteiger partial charge on any atom is -0.256 e. The Morgan fingerprint density at radius 1 is 0.348 bits per heavy atom. The molecule has 9 aromatic rings. The first kappa shape index (κ1) is 26.9. The molecule has 216 valence electrons. The van der Waals surface area contributed by atoms with Crippen LogP contribution in [0.1, 0.15) is 0 Å². The number of pyridine rings is 1. The molecular weight excluding hydrogens is 599 g/mol. The molecule has 0 aliphatic rings. The summed E-state index contributed by atoms with van der Waals surface area (Å²) in [7, 11) is 0. The third kappa shape index (κ3) is 4.96. The zero-order valence-corrected chi connectivity index (χ0v) is 26.2. The van der Waals surface area contributed by atoms with Gasteiger partial charge >= 0.3 is 0 Å². The molecule has 0 fully saturated rings. The lowest BCUT2D eigenvalue weighted by Gasteiger charge is -2.12. The first-order chi connectivity index (χ1) is 22.7. The highest BCUT2D eigenvalue weighted by atomic mass is 32.1. The van der Waals surface area contributed by atoms with Gasteiger partial charge in [0.05, 0.1) is 25.9 Å². The Morgan fingerprint density at radius 2 is 0.783 bits per heavy atom. The quantitative estimate of drug-likeness (QED) is 0.191. The maximum Gasteiger partial charge on any atom is 0.124 e. The van der Waals surface area contributed by atoms with Gasteiger partial charge in [-0.15, -0.1) is 22.7 Å². The smallest absolute Gasteiger partial charge is 0.124 e. The van der Waals surface area contributed by atoms with E-state index in [-0.39, 0.29) is 0 Å². The number of benzene rings is 6. The summed E-state index contributed by atoms with van der Waals surface area (Å²) in [6.45, 7) is 0. The number of nitrogens with zero attached hydrogens (tertiary/aromatic N) is 3. The SMILES string of the molecule is c1ccc2ncc(-c3cc(-c4ccc(-c5nc6ccccc6s5)cc4)cc(-c4ccc(-c5nc6ccccc6s5)cc4)c3)cc2c1. The molecule has 0 radical (unpaired) electrons. The van der Waals surface area contributed by atoms with Crippen LogP contribution in [0.2, 0.25) is 0 Å². The molecule has 9 rings (SSSR count). The van der Waals surface area contributed by atoms with E-state index in [0.29, 0.717) is 0 Å². The van der Waals surface area contributed by atoms with Crippen molar-refractivity contribution in [3.63, 3.8) is 0 Å². The van der Waals surface area contributed by atoms with Gasteiger partial charge in [-0.1, -0.05) is 91.0 Å². The van der Waals surface area contributed by atoms with Gasteiger partial charge in [0.1, 0.15) is 10.0 Å². The molecule has 0 aliphatic heterocycles. The van der Waals surface area contributed by atoms with Gasteiger partial charge in [-0.2, -0.15) is 0 Å². The Labute approximate surface area is 274 Å². The zero-order valence-electron chi connectivity index (χ0n) is 24.6. The van der Waals surface area contributed by atoms with Crippen LogP contribution in [0.15, 0.2) is 152 Å². The number of aromatic nitrogens is 3. The molecule has 0 saturated heterocycles. The van der Waals surface area contributed by atoms with Crippen molar-refractivity contribution in [2.75, 3.05) is 0 Å². The van der Waals surface area contributed by atoms with Crippen LogP contribution in [-0.2, 0) is 0 Å². The lowest BCUT2D eigenvalue weighted by molar-refractivity contribution is 1.41. The van der Waals surface area contributed by atoms with Crippen molar-refractivity contribution in [3.8, 4) is 54.5 Å². The summed E-state index contributed by atoms with van der Waals surface area (Å²) in [5.74, 6) is 0. The van der Waals surface area contributed by atoms with Gasteiger partial charge in [-0.3, -0.25) is 4.98 Å². The molecule has 0 atom stereocenters. The average molecular weight is 624 g/mol. The predicted octanol–water partition coefficient (Wildman–Crippen LogP) is 11.8. The first-order valence-electron chi connectivity index (χ1n) is 15.2. The molecule has 5 heteroatoms. The Bertz CT molecular complexity index is 2320. The molecular formula is C41H25N3S2. The lowest BCUT2D eigenvalue weighted by Crippen LogP contribution is -1.88. The zero-order chi connectivity index (χ0) is 30.5. The van der Waals surface area contributed by atoms with Gasteiger partial charge < -0.3 is 0 Å². The molecule has 3 nitrogen and oxygen atoms in total. The maximum absolute atomic E-state index is 4.87. The van der Waals surface area contributed by atoms with Gasteiger partial charge in [0.2, 0.25) is 0 Å². The Balaban J connectivity index is 1.12. The summed E-state index contributed by atoms with van der Waals surface area (Å²) < 4.78 is 2.41. The Morgan fingerprint density at radius 3 is 1.30 bits per heavy atom. The van der Waals surface area contributed by atoms with E-state index in [0.717, 1.165) is 76.5 Å². The summed E-state index contributed by atoms with van der Waals surface area (Å²) in [6.07, 6.45) is 1.98. The molecule has 0 spiro atoms. The van der Waals surface area contributed by atoms with Crippen LogP contribution in [0.4, 0.5) is 0 Å². The number of hydrogen-bond donors (Lipinski definition) is 0. The number of para-hydroxylation sites is 3. The van der Waals surface area contributed by atoms with E-state index < -0.39 is 0 Å². The molecule has 46 heavy (non-hydrogen) atoms. The molecule has 0 amide bonds. The van der Waals surface area contributed by atoms with Crippen LogP contribution < -0.4 is 0 Å². The average Bonchev–Trinajstić information content (AvgIpc) is 3.76. The molecule has 3 heterocycles. The van der Waals surface area contributed by atoms with E-state index >= 15 is 0 Å². The summed E-state index contributed by atoms with van der Waals surface area (Å²) in [5.41, 5.74) is 12.2. The van der Waals surface area contributed by atoms with Crippen LogP contribution in [-0.4, -0.2) is 15.0 Å². The number of hydrogen-bond acceptors (Lipinski definition) is 5. The largest absolute Gasteiger partial charge is 0.256 e. The summed E-state index contributed by atoms with van der Waals surface area (Å²) in [4.78, 5) is 14.5. The fourth-order valence-electron chi connectivity index (χ4n) is 5.96. The van der Waals surface area contributed by atoms with E-state index in [2.05, 4.69) is 127 Å². The highest BCUT2D eigenvalue weighted by Crippen LogP contribution is 2.37. The fourth-order valence-corrected chi connectivity index (χ4v) is 7.90. The first-order valence-corrected chi connectivity index (χ1v) is 16.8. The van der Waals surface area contributed by atoms with Crippen LogP contribution in [0.5, 0.6) is 0 Å². The predicted molar refractivity (Wildman–Crippen MR) is 195 cm³/mol. The van der Waals surface area contributed by atoms with Crippen molar-refractivity contribution in [3.05, 3.63) is 152 Å². The van der Waals surface area contributed by atoms with Gasteiger partial charge in [0.15, 0.2) is 0 Å². The van der Waals surface area contributed by atoms with Crippen LogP contribution in [0.25, 0.3) is 85.9 Å². The van der Waals surface area contributed by atoms with E-state index in [9.17, 15) is 0 Å². The normalized spacial score (nSPS) is 11.5. The summed E-state index contributed by atoms with van der Waals surface area (Å²) >= 11 is 3.46. The Hall–Kier alpha value is -5.49. The second kappa shape index (κ2) is 11.1. The third-order valence-corrected chi connectivity index (χ3v) is 10.5. The highest BCUT2D eigenvalue weighted by Gasteiger charge is 2.12. The molecule has 0 bridgehead atoms. The van der Waals surface area contributed by atoms with Crippen molar-refractivity contribution < 1.29 is 0 Å². The van der Waals surface area contributed by atoms with Gasteiger partial charge in [0.25, 0.3) is 0 Å². The fraction of sp³-hybridized carbons (Fsp3) is 0. The van der Waals surface area contributed by atoms with E-state index in [1.807, 2.05) is 24.4 Å². The second-order valence-electron chi connectivity index (χ2n) is 11.3. The summed E-state index contributed by atoms with van der Waals surface area (Å²) in [5, 5.41) is 3.21. The standard InChI is InChI=1S/C41H25N3S2/c1-2-8-35-30(7-1)21-34(25-42-35)33-23-31(26-13-17-28(18-14-26)40-43-36-9-3-5-11-38(36)45-40)22-32(24-33)27-15-19-29(20-16-27)41-44-37-10-4-6-12-39(37)46-41/h1-25H. The Kier molecular flexibility index (Phi) is 6.51. The molecule has 3 aromatic heterocycles. The maximum atomic E-state index is 4.87. The van der Waals surface area contributed by atoms with Crippen molar-refractivity contribution in [2.45, 2.75) is 0 Å². The van der Waals surface area contributed by atoms with Gasteiger partial charge in [-0.25, -0.2) is 9.97 Å². The highest BCUT2D eigenvalue weighted by molar-refractivity contribution is 7.22. The number of thiazole rings is 2. The lowest BCUT2D eigenvalue weighted by atomic mass is 9.93. The van der Waals surface area contributed by atoms with E-state index in [1.165, 1.54) is 9.40 Å².